The van der Waals surface area contributed by atoms with Gasteiger partial charge in [0.2, 0.25) is 0 Å². The normalized spacial score (nSPS) is 16.8. The minimum Gasteiger partial charge on any atom is -0.445 e. The zero-order valence-corrected chi connectivity index (χ0v) is 8.97. The summed E-state index contributed by atoms with van der Waals surface area (Å²) in [6, 6.07) is 0. The van der Waals surface area contributed by atoms with Gasteiger partial charge in [0.05, 0.1) is 5.69 Å². The Morgan fingerprint density at radius 1 is 1.36 bits per heavy atom. The molecule has 0 saturated heterocycles. The van der Waals surface area contributed by atoms with Gasteiger partial charge in [0.25, 0.3) is 0 Å². The van der Waals surface area contributed by atoms with Crippen LogP contribution in [-0.2, 0) is 19.3 Å². The van der Waals surface area contributed by atoms with Gasteiger partial charge in [-0.3, -0.25) is 0 Å². The SMILES string of the molecule is CC(C)(N)Cc1nc2c(o1)CCCC2. The zero-order chi connectivity index (χ0) is 10.2. The molecule has 0 bridgehead atoms. The number of fused-ring (bicyclic) bond motifs is 1. The standard InChI is InChI=1S/C11H18N2O/c1-11(2,12)7-10-13-8-5-3-4-6-9(8)14-10/h3-7,12H2,1-2H3. The van der Waals surface area contributed by atoms with Crippen molar-refractivity contribution < 1.29 is 4.42 Å². The molecule has 0 atom stereocenters. The molecule has 0 aromatic carbocycles. The van der Waals surface area contributed by atoms with Crippen LogP contribution in [0.3, 0.4) is 0 Å². The van der Waals surface area contributed by atoms with Crippen LogP contribution in [0.25, 0.3) is 0 Å². The van der Waals surface area contributed by atoms with Crippen LogP contribution < -0.4 is 5.73 Å². The minimum absolute atomic E-state index is 0.229. The second-order valence-electron chi connectivity index (χ2n) is 4.85. The summed E-state index contributed by atoms with van der Waals surface area (Å²) >= 11 is 0. The third-order valence-corrected chi connectivity index (χ3v) is 2.50. The van der Waals surface area contributed by atoms with Gasteiger partial charge in [-0.15, -0.1) is 0 Å². The summed E-state index contributed by atoms with van der Waals surface area (Å²) < 4.78 is 5.69. The van der Waals surface area contributed by atoms with E-state index in [0.29, 0.717) is 0 Å². The van der Waals surface area contributed by atoms with Crippen molar-refractivity contribution >= 4 is 0 Å². The van der Waals surface area contributed by atoms with Gasteiger partial charge in [-0.2, -0.15) is 0 Å². The second kappa shape index (κ2) is 3.39. The van der Waals surface area contributed by atoms with Gasteiger partial charge in [-0.05, 0) is 33.1 Å². The van der Waals surface area contributed by atoms with E-state index in [0.717, 1.165) is 36.6 Å². The van der Waals surface area contributed by atoms with Crippen LogP contribution in [0.15, 0.2) is 4.42 Å². The summed E-state index contributed by atoms with van der Waals surface area (Å²) in [6.45, 7) is 3.99. The van der Waals surface area contributed by atoms with Crippen molar-refractivity contribution in [3.8, 4) is 0 Å². The average Bonchev–Trinajstić information content (AvgIpc) is 2.42. The predicted octanol–water partition coefficient (Wildman–Crippen LogP) is 1.83. The van der Waals surface area contributed by atoms with Crippen molar-refractivity contribution in [1.82, 2.24) is 4.98 Å². The van der Waals surface area contributed by atoms with Gasteiger partial charge >= 0.3 is 0 Å². The van der Waals surface area contributed by atoms with E-state index in [1.165, 1.54) is 12.8 Å². The first-order valence-electron chi connectivity index (χ1n) is 5.31. The summed E-state index contributed by atoms with van der Waals surface area (Å²) in [5.41, 5.74) is 6.86. The fourth-order valence-corrected chi connectivity index (χ4v) is 1.87. The summed E-state index contributed by atoms with van der Waals surface area (Å²) in [5.74, 6) is 1.90. The van der Waals surface area contributed by atoms with Crippen LogP contribution in [0.4, 0.5) is 0 Å². The third kappa shape index (κ3) is 2.15. The molecule has 1 heterocycles. The van der Waals surface area contributed by atoms with Crippen LogP contribution >= 0.6 is 0 Å². The molecular formula is C11H18N2O. The summed E-state index contributed by atoms with van der Waals surface area (Å²) in [5, 5.41) is 0. The highest BCUT2D eigenvalue weighted by Gasteiger charge is 2.20. The molecule has 0 unspecified atom stereocenters. The van der Waals surface area contributed by atoms with E-state index < -0.39 is 0 Å². The molecule has 0 fully saturated rings. The molecule has 0 saturated carbocycles. The first-order valence-corrected chi connectivity index (χ1v) is 5.31. The molecule has 78 valence electrons. The molecule has 3 nitrogen and oxygen atoms in total. The molecule has 14 heavy (non-hydrogen) atoms. The molecule has 1 aliphatic carbocycles. The maximum absolute atomic E-state index is 5.93. The van der Waals surface area contributed by atoms with Crippen molar-refractivity contribution in [2.24, 2.45) is 5.73 Å². The van der Waals surface area contributed by atoms with E-state index in [1.54, 1.807) is 0 Å². The first-order chi connectivity index (χ1) is 6.54. The fourth-order valence-electron chi connectivity index (χ4n) is 1.87. The number of hydrogen-bond donors (Lipinski definition) is 1. The maximum atomic E-state index is 5.93. The predicted molar refractivity (Wildman–Crippen MR) is 55.1 cm³/mol. The number of oxazole rings is 1. The third-order valence-electron chi connectivity index (χ3n) is 2.50. The number of aryl methyl sites for hydroxylation is 2. The molecule has 1 aromatic heterocycles. The quantitative estimate of drug-likeness (QED) is 0.781. The van der Waals surface area contributed by atoms with Crippen LogP contribution in [0.2, 0.25) is 0 Å². The molecule has 3 heteroatoms. The molecule has 0 spiro atoms. The van der Waals surface area contributed by atoms with Crippen molar-refractivity contribution in [2.75, 3.05) is 0 Å². The first kappa shape index (κ1) is 9.71. The highest BCUT2D eigenvalue weighted by atomic mass is 16.4. The van der Waals surface area contributed by atoms with Crippen LogP contribution in [0, 0.1) is 0 Å². The summed E-state index contributed by atoms with van der Waals surface area (Å²) in [4.78, 5) is 4.49. The van der Waals surface area contributed by atoms with Crippen LogP contribution in [-0.4, -0.2) is 10.5 Å². The Balaban J connectivity index is 2.16. The Morgan fingerprint density at radius 3 is 2.71 bits per heavy atom. The zero-order valence-electron chi connectivity index (χ0n) is 8.97. The second-order valence-corrected chi connectivity index (χ2v) is 4.85. The molecule has 0 aliphatic heterocycles. The Morgan fingerprint density at radius 2 is 2.07 bits per heavy atom. The Hall–Kier alpha value is -0.830. The number of nitrogens with zero attached hydrogens (tertiary/aromatic N) is 1. The maximum Gasteiger partial charge on any atom is 0.196 e. The summed E-state index contributed by atoms with van der Waals surface area (Å²) in [6.07, 6.45) is 5.32. The highest BCUT2D eigenvalue weighted by Crippen LogP contribution is 2.22. The Labute approximate surface area is 84.7 Å². The molecular weight excluding hydrogens is 176 g/mol. The molecule has 2 N–H and O–H groups in total. The van der Waals surface area contributed by atoms with Crippen molar-refractivity contribution in [3.05, 3.63) is 17.3 Å². The lowest BCUT2D eigenvalue weighted by Crippen LogP contribution is -2.34. The number of rotatable bonds is 2. The lowest BCUT2D eigenvalue weighted by molar-refractivity contribution is 0.394. The van der Waals surface area contributed by atoms with Crippen molar-refractivity contribution in [2.45, 2.75) is 51.5 Å². The largest absolute Gasteiger partial charge is 0.445 e. The van der Waals surface area contributed by atoms with Crippen molar-refractivity contribution in [3.63, 3.8) is 0 Å². The average molecular weight is 194 g/mol. The Kier molecular flexibility index (Phi) is 2.35. The van der Waals surface area contributed by atoms with Gasteiger partial charge in [0.15, 0.2) is 5.89 Å². The smallest absolute Gasteiger partial charge is 0.196 e. The molecule has 2 rings (SSSR count). The van der Waals surface area contributed by atoms with Gasteiger partial charge < -0.3 is 10.2 Å². The van der Waals surface area contributed by atoms with E-state index >= 15 is 0 Å². The van der Waals surface area contributed by atoms with Gasteiger partial charge in [0, 0.05) is 18.4 Å². The number of aromatic nitrogens is 1. The summed E-state index contributed by atoms with van der Waals surface area (Å²) in [7, 11) is 0. The fraction of sp³-hybridized carbons (Fsp3) is 0.727. The lowest BCUT2D eigenvalue weighted by Gasteiger charge is -2.14. The van der Waals surface area contributed by atoms with Crippen LogP contribution in [0.1, 0.15) is 44.0 Å². The van der Waals surface area contributed by atoms with Gasteiger partial charge in [-0.25, -0.2) is 4.98 Å². The topological polar surface area (TPSA) is 52.0 Å². The molecule has 1 aliphatic rings. The molecule has 0 radical (unpaired) electrons. The minimum atomic E-state index is -0.229. The van der Waals surface area contributed by atoms with Crippen LogP contribution in [0.5, 0.6) is 0 Å². The van der Waals surface area contributed by atoms with E-state index in [4.69, 9.17) is 10.2 Å². The Bertz CT molecular complexity index is 299. The molecule has 1 aromatic rings. The van der Waals surface area contributed by atoms with E-state index in [2.05, 4.69) is 4.98 Å². The molecule has 0 amide bonds. The van der Waals surface area contributed by atoms with E-state index in [1.807, 2.05) is 13.8 Å². The van der Waals surface area contributed by atoms with Gasteiger partial charge in [-0.1, -0.05) is 0 Å². The number of nitrogens with two attached hydrogens (primary N) is 1. The highest BCUT2D eigenvalue weighted by molar-refractivity contribution is 5.13. The van der Waals surface area contributed by atoms with E-state index in [-0.39, 0.29) is 5.54 Å². The van der Waals surface area contributed by atoms with Crippen molar-refractivity contribution in [1.29, 1.82) is 0 Å². The number of hydrogen-bond acceptors (Lipinski definition) is 3. The monoisotopic (exact) mass is 194 g/mol. The van der Waals surface area contributed by atoms with E-state index in [9.17, 15) is 0 Å². The lowest BCUT2D eigenvalue weighted by atomic mass is 10.0. The van der Waals surface area contributed by atoms with Gasteiger partial charge in [0.1, 0.15) is 5.76 Å².